The average molecular weight is 266 g/mol. The van der Waals surface area contributed by atoms with Crippen LogP contribution in [0.2, 0.25) is 0 Å². The molecular formula is C18H34O. The van der Waals surface area contributed by atoms with Crippen molar-refractivity contribution in [2.24, 2.45) is 23.7 Å². The van der Waals surface area contributed by atoms with Crippen molar-refractivity contribution < 1.29 is 5.11 Å². The Morgan fingerprint density at radius 2 is 2.00 bits per heavy atom. The molecule has 1 heteroatoms. The van der Waals surface area contributed by atoms with Crippen molar-refractivity contribution >= 4 is 0 Å². The number of hydrogen-bond donors (Lipinski definition) is 1. The molecule has 1 aliphatic rings. The van der Waals surface area contributed by atoms with Crippen molar-refractivity contribution in [3.05, 3.63) is 12.7 Å². The third-order valence-electron chi connectivity index (χ3n) is 5.14. The molecule has 1 saturated carbocycles. The van der Waals surface area contributed by atoms with Crippen LogP contribution in [0.4, 0.5) is 0 Å². The van der Waals surface area contributed by atoms with Gasteiger partial charge in [0, 0.05) is 5.92 Å². The summed E-state index contributed by atoms with van der Waals surface area (Å²) in [7, 11) is 0. The van der Waals surface area contributed by atoms with Gasteiger partial charge in [0.1, 0.15) is 0 Å². The van der Waals surface area contributed by atoms with Gasteiger partial charge in [0.25, 0.3) is 0 Å². The Hall–Kier alpha value is -0.300. The first-order valence-electron chi connectivity index (χ1n) is 8.30. The average Bonchev–Trinajstić information content (AvgIpc) is 2.33. The van der Waals surface area contributed by atoms with Crippen molar-refractivity contribution in [3.63, 3.8) is 0 Å². The van der Waals surface area contributed by atoms with Crippen LogP contribution in [0.25, 0.3) is 0 Å². The van der Waals surface area contributed by atoms with Gasteiger partial charge in [0.2, 0.25) is 0 Å². The summed E-state index contributed by atoms with van der Waals surface area (Å²) < 4.78 is 0. The van der Waals surface area contributed by atoms with E-state index < -0.39 is 5.60 Å². The lowest BCUT2D eigenvalue weighted by Crippen LogP contribution is -2.50. The van der Waals surface area contributed by atoms with Crippen LogP contribution in [0.5, 0.6) is 0 Å². The maximum absolute atomic E-state index is 11.4. The third kappa shape index (κ3) is 4.08. The van der Waals surface area contributed by atoms with Crippen LogP contribution in [0.3, 0.4) is 0 Å². The van der Waals surface area contributed by atoms with E-state index in [1.54, 1.807) is 0 Å². The minimum absolute atomic E-state index is 0.272. The second kappa shape index (κ2) is 7.47. The summed E-state index contributed by atoms with van der Waals surface area (Å²) in [5, 5.41) is 11.4. The molecule has 0 aliphatic heterocycles. The van der Waals surface area contributed by atoms with Crippen LogP contribution < -0.4 is 0 Å². The molecule has 0 radical (unpaired) electrons. The molecule has 0 aromatic heterocycles. The van der Waals surface area contributed by atoms with E-state index in [-0.39, 0.29) is 5.92 Å². The summed E-state index contributed by atoms with van der Waals surface area (Å²) >= 11 is 0. The van der Waals surface area contributed by atoms with Gasteiger partial charge in [-0.1, -0.05) is 59.5 Å². The lowest BCUT2D eigenvalue weighted by atomic mass is 9.61. The fourth-order valence-electron chi connectivity index (χ4n) is 4.05. The molecule has 1 aliphatic carbocycles. The Morgan fingerprint density at radius 1 is 1.32 bits per heavy atom. The van der Waals surface area contributed by atoms with E-state index in [1.807, 2.05) is 6.08 Å². The molecule has 1 N–H and O–H groups in total. The molecule has 0 aromatic rings. The lowest BCUT2D eigenvalue weighted by Gasteiger charge is -2.48. The summed E-state index contributed by atoms with van der Waals surface area (Å²) in [5.74, 6) is 1.92. The topological polar surface area (TPSA) is 20.2 Å². The molecule has 0 heterocycles. The number of aliphatic hydroxyl groups is 1. The molecule has 0 saturated heterocycles. The molecule has 0 aromatic carbocycles. The van der Waals surface area contributed by atoms with Gasteiger partial charge in [-0.25, -0.2) is 0 Å². The Bertz CT molecular complexity index is 271. The number of hydrogen-bond acceptors (Lipinski definition) is 1. The van der Waals surface area contributed by atoms with E-state index in [0.29, 0.717) is 17.8 Å². The highest BCUT2D eigenvalue weighted by atomic mass is 16.3. The first-order valence-corrected chi connectivity index (χ1v) is 8.30. The van der Waals surface area contributed by atoms with Crippen LogP contribution in [0, 0.1) is 23.7 Å². The molecule has 4 atom stereocenters. The quantitative estimate of drug-likeness (QED) is 0.496. The highest BCUT2D eigenvalue weighted by Crippen LogP contribution is 2.46. The number of rotatable bonds is 7. The van der Waals surface area contributed by atoms with Gasteiger partial charge in [0.05, 0.1) is 5.60 Å². The van der Waals surface area contributed by atoms with Crippen LogP contribution in [-0.2, 0) is 0 Å². The molecule has 0 unspecified atom stereocenters. The SMILES string of the molecule is C=C[C@H](CCCCC)[C@@]1(O)C[C@H](C)CC[C@@H]1C(C)C. The van der Waals surface area contributed by atoms with Crippen LogP contribution >= 0.6 is 0 Å². The first-order chi connectivity index (χ1) is 8.95. The van der Waals surface area contributed by atoms with Crippen LogP contribution in [-0.4, -0.2) is 10.7 Å². The summed E-state index contributed by atoms with van der Waals surface area (Å²) in [4.78, 5) is 0. The van der Waals surface area contributed by atoms with Crippen LogP contribution in [0.15, 0.2) is 12.7 Å². The van der Waals surface area contributed by atoms with Gasteiger partial charge in [-0.2, -0.15) is 0 Å². The van der Waals surface area contributed by atoms with Crippen molar-refractivity contribution in [1.82, 2.24) is 0 Å². The maximum atomic E-state index is 11.4. The smallest absolute Gasteiger partial charge is 0.0742 e. The van der Waals surface area contributed by atoms with Crippen molar-refractivity contribution in [3.8, 4) is 0 Å². The monoisotopic (exact) mass is 266 g/mol. The van der Waals surface area contributed by atoms with Gasteiger partial charge in [-0.05, 0) is 37.0 Å². The highest BCUT2D eigenvalue weighted by molar-refractivity contribution is 5.03. The van der Waals surface area contributed by atoms with Gasteiger partial charge >= 0.3 is 0 Å². The Kier molecular flexibility index (Phi) is 6.59. The summed E-state index contributed by atoms with van der Waals surface area (Å²) in [5.41, 5.74) is -0.513. The molecule has 1 nitrogen and oxygen atoms in total. The summed E-state index contributed by atoms with van der Waals surface area (Å²) in [6.07, 6.45) is 10.3. The largest absolute Gasteiger partial charge is 0.389 e. The predicted octanol–water partition coefficient (Wildman–Crippen LogP) is 5.19. The molecule has 0 spiro atoms. The van der Waals surface area contributed by atoms with Gasteiger partial charge < -0.3 is 5.11 Å². The zero-order chi connectivity index (χ0) is 14.5. The van der Waals surface area contributed by atoms with Gasteiger partial charge in [-0.3, -0.25) is 0 Å². The van der Waals surface area contributed by atoms with E-state index in [1.165, 1.54) is 32.1 Å². The Balaban J connectivity index is 2.82. The molecule has 1 rings (SSSR count). The fraction of sp³-hybridized carbons (Fsp3) is 0.889. The minimum Gasteiger partial charge on any atom is -0.389 e. The zero-order valence-electron chi connectivity index (χ0n) is 13.5. The molecule has 19 heavy (non-hydrogen) atoms. The van der Waals surface area contributed by atoms with E-state index in [2.05, 4.69) is 34.3 Å². The van der Waals surface area contributed by atoms with E-state index in [4.69, 9.17) is 0 Å². The van der Waals surface area contributed by atoms with Crippen molar-refractivity contribution in [2.75, 3.05) is 0 Å². The summed E-state index contributed by atoms with van der Waals surface area (Å²) in [6, 6.07) is 0. The second-order valence-corrected chi connectivity index (χ2v) is 7.07. The molecular weight excluding hydrogens is 232 g/mol. The normalized spacial score (nSPS) is 33.4. The lowest BCUT2D eigenvalue weighted by molar-refractivity contribution is -0.111. The standard InChI is InChI=1S/C18H34O/c1-6-8-9-10-16(7-2)18(19)13-15(5)11-12-17(18)14(3)4/h7,14-17,19H,2,6,8-13H2,1,3-5H3/t15-,16-,17-,18+/m1/s1. The van der Waals surface area contributed by atoms with Crippen LogP contribution in [0.1, 0.15) is 72.6 Å². The first kappa shape index (κ1) is 16.8. The highest BCUT2D eigenvalue weighted by Gasteiger charge is 2.46. The van der Waals surface area contributed by atoms with E-state index >= 15 is 0 Å². The van der Waals surface area contributed by atoms with Gasteiger partial charge in [0.15, 0.2) is 0 Å². The van der Waals surface area contributed by atoms with E-state index in [0.717, 1.165) is 12.8 Å². The summed E-state index contributed by atoms with van der Waals surface area (Å²) in [6.45, 7) is 13.1. The third-order valence-corrected chi connectivity index (χ3v) is 5.14. The van der Waals surface area contributed by atoms with Crippen molar-refractivity contribution in [1.29, 1.82) is 0 Å². The molecule has 0 bridgehead atoms. The van der Waals surface area contributed by atoms with Gasteiger partial charge in [-0.15, -0.1) is 6.58 Å². The molecule has 1 fully saturated rings. The molecule has 0 amide bonds. The zero-order valence-corrected chi connectivity index (χ0v) is 13.5. The molecule has 112 valence electrons. The Morgan fingerprint density at radius 3 is 2.53 bits per heavy atom. The minimum atomic E-state index is -0.513. The number of unbranched alkanes of at least 4 members (excludes halogenated alkanes) is 2. The van der Waals surface area contributed by atoms with E-state index in [9.17, 15) is 5.11 Å². The fourth-order valence-corrected chi connectivity index (χ4v) is 4.05. The predicted molar refractivity (Wildman–Crippen MR) is 84.1 cm³/mol. The second-order valence-electron chi connectivity index (χ2n) is 7.07. The van der Waals surface area contributed by atoms with Crippen molar-refractivity contribution in [2.45, 2.75) is 78.2 Å². The Labute approximate surface area is 120 Å². The maximum Gasteiger partial charge on any atom is 0.0742 e.